The fraction of sp³-hybridized carbons (Fsp3) is 0.429. The summed E-state index contributed by atoms with van der Waals surface area (Å²) in [4.78, 5) is 23.4. The molecule has 104 valence electrons. The van der Waals surface area contributed by atoms with Gasteiger partial charge in [-0.2, -0.15) is 0 Å². The second kappa shape index (κ2) is 7.31. The first-order valence-electron chi connectivity index (χ1n) is 6.12. The summed E-state index contributed by atoms with van der Waals surface area (Å²) in [5.41, 5.74) is 5.81. The highest BCUT2D eigenvalue weighted by Crippen LogP contribution is 2.08. The van der Waals surface area contributed by atoms with Crippen LogP contribution in [-0.4, -0.2) is 35.3 Å². The fourth-order valence-electron chi connectivity index (χ4n) is 1.41. The highest BCUT2D eigenvalue weighted by atomic mass is 32.2. The molecule has 0 aromatic heterocycles. The van der Waals surface area contributed by atoms with Gasteiger partial charge >= 0.3 is 0 Å². The van der Waals surface area contributed by atoms with Gasteiger partial charge in [0, 0.05) is 17.6 Å². The fourth-order valence-corrected chi connectivity index (χ4v) is 2.12. The standard InChI is InChI=1S/C14H20N2O2S/c1-14(2,10-15)16-13(18)9-19-8-12(17)11-6-4-3-5-7-11/h3-7H,8-10,15H2,1-2H3,(H,16,18). The Morgan fingerprint density at radius 3 is 2.42 bits per heavy atom. The summed E-state index contributed by atoms with van der Waals surface area (Å²) in [5.74, 6) is 0.514. The molecule has 0 atom stereocenters. The van der Waals surface area contributed by atoms with Gasteiger partial charge in [0.2, 0.25) is 5.91 Å². The molecule has 0 unspecified atom stereocenters. The molecule has 1 aromatic carbocycles. The summed E-state index contributed by atoms with van der Waals surface area (Å²) in [5, 5.41) is 2.82. The van der Waals surface area contributed by atoms with Crippen LogP contribution in [0.5, 0.6) is 0 Å². The van der Waals surface area contributed by atoms with E-state index < -0.39 is 5.54 Å². The van der Waals surface area contributed by atoms with E-state index in [1.807, 2.05) is 32.0 Å². The van der Waals surface area contributed by atoms with Crippen LogP contribution in [0.2, 0.25) is 0 Å². The van der Waals surface area contributed by atoms with Gasteiger partial charge in [-0.15, -0.1) is 11.8 Å². The van der Waals surface area contributed by atoms with Gasteiger partial charge in [-0.25, -0.2) is 0 Å². The first-order valence-corrected chi connectivity index (χ1v) is 7.27. The Hall–Kier alpha value is -1.33. The first kappa shape index (κ1) is 15.7. The Kier molecular flexibility index (Phi) is 6.05. The van der Waals surface area contributed by atoms with E-state index in [1.54, 1.807) is 12.1 Å². The maximum absolute atomic E-state index is 11.8. The monoisotopic (exact) mass is 280 g/mol. The van der Waals surface area contributed by atoms with Crippen LogP contribution in [0.4, 0.5) is 0 Å². The summed E-state index contributed by atoms with van der Waals surface area (Å²) < 4.78 is 0. The lowest BCUT2D eigenvalue weighted by Crippen LogP contribution is -2.49. The molecule has 5 heteroatoms. The molecule has 0 aliphatic carbocycles. The number of ketones is 1. The first-order chi connectivity index (χ1) is 8.94. The van der Waals surface area contributed by atoms with Crippen LogP contribution in [0.25, 0.3) is 0 Å². The van der Waals surface area contributed by atoms with Crippen molar-refractivity contribution in [2.24, 2.45) is 5.73 Å². The van der Waals surface area contributed by atoms with Crippen molar-refractivity contribution in [3.8, 4) is 0 Å². The SMILES string of the molecule is CC(C)(CN)NC(=O)CSCC(=O)c1ccccc1. The summed E-state index contributed by atoms with van der Waals surface area (Å²) in [7, 11) is 0. The maximum atomic E-state index is 11.8. The van der Waals surface area contributed by atoms with E-state index in [-0.39, 0.29) is 17.4 Å². The van der Waals surface area contributed by atoms with Crippen LogP contribution in [0.1, 0.15) is 24.2 Å². The van der Waals surface area contributed by atoms with Crippen molar-refractivity contribution >= 4 is 23.5 Å². The summed E-state index contributed by atoms with van der Waals surface area (Å²) >= 11 is 1.31. The summed E-state index contributed by atoms with van der Waals surface area (Å²) in [6.07, 6.45) is 0. The lowest BCUT2D eigenvalue weighted by Gasteiger charge is -2.23. The molecule has 0 spiro atoms. The Morgan fingerprint density at radius 1 is 1.21 bits per heavy atom. The molecule has 0 saturated heterocycles. The molecular weight excluding hydrogens is 260 g/mol. The smallest absolute Gasteiger partial charge is 0.230 e. The number of Topliss-reactive ketones (excluding diaryl/α,β-unsaturated/α-hetero) is 1. The van der Waals surface area contributed by atoms with Crippen molar-refractivity contribution in [1.29, 1.82) is 0 Å². The molecule has 1 rings (SSSR count). The number of carbonyl (C=O) groups is 2. The van der Waals surface area contributed by atoms with Crippen molar-refractivity contribution < 1.29 is 9.59 Å². The van der Waals surface area contributed by atoms with Crippen molar-refractivity contribution in [1.82, 2.24) is 5.32 Å². The molecule has 0 heterocycles. The van der Waals surface area contributed by atoms with Crippen LogP contribution in [0.15, 0.2) is 30.3 Å². The Bertz CT molecular complexity index is 432. The number of nitrogens with one attached hydrogen (secondary N) is 1. The predicted molar refractivity (Wildman–Crippen MR) is 79.4 cm³/mol. The lowest BCUT2D eigenvalue weighted by atomic mass is 10.1. The van der Waals surface area contributed by atoms with E-state index in [4.69, 9.17) is 5.73 Å². The van der Waals surface area contributed by atoms with E-state index >= 15 is 0 Å². The molecule has 0 fully saturated rings. The predicted octanol–water partition coefficient (Wildman–Crippen LogP) is 1.46. The van der Waals surface area contributed by atoms with E-state index in [0.29, 0.717) is 17.9 Å². The molecule has 19 heavy (non-hydrogen) atoms. The van der Waals surface area contributed by atoms with Crippen LogP contribution in [0, 0.1) is 0 Å². The normalized spacial score (nSPS) is 11.1. The Labute approximate surface area is 118 Å². The molecule has 0 aliphatic rings. The molecule has 0 radical (unpaired) electrons. The topological polar surface area (TPSA) is 72.2 Å². The van der Waals surface area contributed by atoms with Gasteiger partial charge < -0.3 is 11.1 Å². The second-order valence-corrected chi connectivity index (χ2v) is 5.90. The van der Waals surface area contributed by atoms with Crippen LogP contribution < -0.4 is 11.1 Å². The third-order valence-corrected chi connectivity index (χ3v) is 3.48. The number of benzene rings is 1. The number of hydrogen-bond acceptors (Lipinski definition) is 4. The van der Waals surface area contributed by atoms with Crippen molar-refractivity contribution in [3.05, 3.63) is 35.9 Å². The zero-order valence-corrected chi connectivity index (χ0v) is 12.1. The van der Waals surface area contributed by atoms with Crippen LogP contribution >= 0.6 is 11.8 Å². The molecule has 3 N–H and O–H groups in total. The number of amides is 1. The van der Waals surface area contributed by atoms with Crippen molar-refractivity contribution in [3.63, 3.8) is 0 Å². The number of hydrogen-bond donors (Lipinski definition) is 2. The molecule has 4 nitrogen and oxygen atoms in total. The van der Waals surface area contributed by atoms with E-state index in [2.05, 4.69) is 5.32 Å². The quantitative estimate of drug-likeness (QED) is 0.742. The number of carbonyl (C=O) groups excluding carboxylic acids is 2. The number of rotatable bonds is 7. The van der Waals surface area contributed by atoms with Gasteiger partial charge in [-0.1, -0.05) is 30.3 Å². The second-order valence-electron chi connectivity index (χ2n) is 4.92. The summed E-state index contributed by atoms with van der Waals surface area (Å²) in [6.45, 7) is 4.11. The van der Waals surface area contributed by atoms with E-state index in [1.165, 1.54) is 11.8 Å². The Balaban J connectivity index is 2.31. The largest absolute Gasteiger partial charge is 0.349 e. The third kappa shape index (κ3) is 5.89. The van der Waals surface area contributed by atoms with Crippen molar-refractivity contribution in [2.75, 3.05) is 18.1 Å². The van der Waals surface area contributed by atoms with Crippen molar-refractivity contribution in [2.45, 2.75) is 19.4 Å². The van der Waals surface area contributed by atoms with E-state index in [9.17, 15) is 9.59 Å². The average Bonchev–Trinajstić information content (AvgIpc) is 2.39. The number of nitrogens with two attached hydrogens (primary N) is 1. The molecule has 0 saturated carbocycles. The van der Waals surface area contributed by atoms with Gasteiger partial charge in [0.15, 0.2) is 5.78 Å². The minimum absolute atomic E-state index is 0.0384. The van der Waals surface area contributed by atoms with Gasteiger partial charge in [0.25, 0.3) is 0 Å². The zero-order chi connectivity index (χ0) is 14.3. The maximum Gasteiger partial charge on any atom is 0.230 e. The molecular formula is C14H20N2O2S. The average molecular weight is 280 g/mol. The molecule has 0 aliphatic heterocycles. The molecule has 0 bridgehead atoms. The number of thioether (sulfide) groups is 1. The highest BCUT2D eigenvalue weighted by Gasteiger charge is 2.18. The van der Waals surface area contributed by atoms with Gasteiger partial charge in [0.1, 0.15) is 0 Å². The van der Waals surface area contributed by atoms with Gasteiger partial charge in [0.05, 0.1) is 11.5 Å². The molecule has 1 amide bonds. The molecule has 1 aromatic rings. The van der Waals surface area contributed by atoms with Crippen LogP contribution in [0.3, 0.4) is 0 Å². The zero-order valence-electron chi connectivity index (χ0n) is 11.3. The van der Waals surface area contributed by atoms with E-state index in [0.717, 1.165) is 0 Å². The van der Waals surface area contributed by atoms with Crippen LogP contribution in [-0.2, 0) is 4.79 Å². The highest BCUT2D eigenvalue weighted by molar-refractivity contribution is 8.00. The van der Waals surface area contributed by atoms with Gasteiger partial charge in [-0.3, -0.25) is 9.59 Å². The minimum atomic E-state index is -0.402. The van der Waals surface area contributed by atoms with Gasteiger partial charge in [-0.05, 0) is 13.8 Å². The minimum Gasteiger partial charge on any atom is -0.349 e. The third-order valence-electron chi connectivity index (χ3n) is 2.55. The lowest BCUT2D eigenvalue weighted by molar-refractivity contribution is -0.120. The summed E-state index contributed by atoms with van der Waals surface area (Å²) in [6, 6.07) is 9.08. The Morgan fingerprint density at radius 2 is 1.84 bits per heavy atom.